The molecule has 4 heteroatoms. The van der Waals surface area contributed by atoms with Gasteiger partial charge in [0.2, 0.25) is 0 Å². The molecule has 3 nitrogen and oxygen atoms in total. The predicted octanol–water partition coefficient (Wildman–Crippen LogP) is 3.18. The molecule has 2 unspecified atom stereocenters. The quantitative estimate of drug-likeness (QED) is 0.899. The average Bonchev–Trinajstić information content (AvgIpc) is 3.13. The van der Waals surface area contributed by atoms with Crippen molar-refractivity contribution in [3.63, 3.8) is 0 Å². The summed E-state index contributed by atoms with van der Waals surface area (Å²) in [5, 5.41) is 4.25. The van der Waals surface area contributed by atoms with Gasteiger partial charge in [-0.3, -0.25) is 0 Å². The third-order valence-electron chi connectivity index (χ3n) is 3.96. The van der Waals surface area contributed by atoms with Crippen LogP contribution in [0.2, 0.25) is 5.02 Å². The Morgan fingerprint density at radius 1 is 1.37 bits per heavy atom. The molecule has 104 valence electrons. The number of hydrogen-bond acceptors (Lipinski definition) is 3. The van der Waals surface area contributed by atoms with Crippen LogP contribution in [-0.2, 0) is 4.74 Å². The van der Waals surface area contributed by atoms with Crippen LogP contribution in [0.5, 0.6) is 5.75 Å². The van der Waals surface area contributed by atoms with Crippen LogP contribution in [0.4, 0.5) is 0 Å². The Balaban J connectivity index is 1.70. The predicted molar refractivity (Wildman–Crippen MR) is 75.8 cm³/mol. The zero-order chi connectivity index (χ0) is 13.2. The maximum absolute atomic E-state index is 6.20. The Hall–Kier alpha value is -0.770. The molecule has 0 aromatic heterocycles. The summed E-state index contributed by atoms with van der Waals surface area (Å²) >= 11 is 6.20. The highest BCUT2D eigenvalue weighted by Crippen LogP contribution is 2.37. The van der Waals surface area contributed by atoms with E-state index in [1.54, 1.807) is 7.11 Å². The lowest BCUT2D eigenvalue weighted by atomic mass is 9.95. The summed E-state index contributed by atoms with van der Waals surface area (Å²) < 4.78 is 11.1. The number of nitrogens with one attached hydrogen (secondary N) is 1. The molecule has 1 N–H and O–H groups in total. The zero-order valence-electron chi connectivity index (χ0n) is 11.2. The Bertz CT molecular complexity index is 448. The molecule has 2 aliphatic rings. The van der Waals surface area contributed by atoms with Crippen molar-refractivity contribution in [3.8, 4) is 5.75 Å². The minimum atomic E-state index is 0.162. The van der Waals surface area contributed by atoms with Crippen molar-refractivity contribution >= 4 is 11.6 Å². The number of hydrogen-bond donors (Lipinski definition) is 1. The minimum Gasteiger partial charge on any atom is -0.495 e. The summed E-state index contributed by atoms with van der Waals surface area (Å²) in [6, 6.07) is 6.71. The second kappa shape index (κ2) is 5.70. The van der Waals surface area contributed by atoms with Crippen molar-refractivity contribution in [2.45, 2.75) is 31.4 Å². The topological polar surface area (TPSA) is 30.5 Å². The van der Waals surface area contributed by atoms with Crippen LogP contribution < -0.4 is 10.1 Å². The maximum Gasteiger partial charge on any atom is 0.137 e. The van der Waals surface area contributed by atoms with E-state index in [4.69, 9.17) is 21.1 Å². The van der Waals surface area contributed by atoms with Gasteiger partial charge in [-0.05, 0) is 37.0 Å². The average molecular weight is 282 g/mol. The first kappa shape index (κ1) is 13.2. The second-order valence-electron chi connectivity index (χ2n) is 5.42. The standard InChI is InChI=1S/C15H20ClNO2/c1-18-14-5-2-10(8-13(14)16)15-11(6-7-19-15)9-17-12-3-4-12/h2,5,8,11-12,15,17H,3-4,6-7,9H2,1H3. The SMILES string of the molecule is COc1ccc(C2OCCC2CNC2CC2)cc1Cl. The minimum absolute atomic E-state index is 0.162. The third-order valence-corrected chi connectivity index (χ3v) is 4.26. The summed E-state index contributed by atoms with van der Waals surface area (Å²) in [5.41, 5.74) is 1.16. The molecule has 1 aromatic carbocycles. The van der Waals surface area contributed by atoms with Crippen molar-refractivity contribution < 1.29 is 9.47 Å². The number of methoxy groups -OCH3 is 1. The molecule has 3 rings (SSSR count). The molecule has 0 amide bonds. The largest absolute Gasteiger partial charge is 0.495 e. The Morgan fingerprint density at radius 2 is 2.21 bits per heavy atom. The van der Waals surface area contributed by atoms with Crippen molar-refractivity contribution in [1.29, 1.82) is 0 Å². The molecular weight excluding hydrogens is 262 g/mol. The van der Waals surface area contributed by atoms with Gasteiger partial charge >= 0.3 is 0 Å². The number of halogens is 1. The second-order valence-corrected chi connectivity index (χ2v) is 5.82. The van der Waals surface area contributed by atoms with Crippen LogP contribution in [0.15, 0.2) is 18.2 Å². The van der Waals surface area contributed by atoms with Crippen molar-refractivity contribution in [2.75, 3.05) is 20.3 Å². The zero-order valence-corrected chi connectivity index (χ0v) is 12.0. The highest BCUT2D eigenvalue weighted by atomic mass is 35.5. The summed E-state index contributed by atoms with van der Waals surface area (Å²) in [7, 11) is 1.63. The summed E-state index contributed by atoms with van der Waals surface area (Å²) in [5.74, 6) is 1.26. The first-order valence-electron chi connectivity index (χ1n) is 6.96. The van der Waals surface area contributed by atoms with Crippen LogP contribution in [0.1, 0.15) is 30.9 Å². The van der Waals surface area contributed by atoms with E-state index in [-0.39, 0.29) is 6.10 Å². The molecule has 2 fully saturated rings. The fourth-order valence-corrected chi connectivity index (χ4v) is 2.94. The van der Waals surface area contributed by atoms with E-state index in [9.17, 15) is 0 Å². The lowest BCUT2D eigenvalue weighted by molar-refractivity contribution is 0.0904. The van der Waals surface area contributed by atoms with Gasteiger partial charge in [-0.15, -0.1) is 0 Å². The molecule has 19 heavy (non-hydrogen) atoms. The van der Waals surface area contributed by atoms with E-state index < -0.39 is 0 Å². The van der Waals surface area contributed by atoms with Crippen molar-refractivity contribution in [3.05, 3.63) is 28.8 Å². The molecule has 1 aliphatic carbocycles. The number of ether oxygens (including phenoxy) is 2. The Morgan fingerprint density at radius 3 is 2.89 bits per heavy atom. The van der Waals surface area contributed by atoms with Crippen molar-refractivity contribution in [2.24, 2.45) is 5.92 Å². The van der Waals surface area contributed by atoms with Gasteiger partial charge in [0.05, 0.1) is 18.2 Å². The summed E-state index contributed by atoms with van der Waals surface area (Å²) in [6.07, 6.45) is 3.93. The van der Waals surface area contributed by atoms with Crippen LogP contribution >= 0.6 is 11.6 Å². The normalized spacial score (nSPS) is 26.6. The smallest absolute Gasteiger partial charge is 0.137 e. The van der Waals surface area contributed by atoms with Crippen LogP contribution in [0.25, 0.3) is 0 Å². The van der Waals surface area contributed by atoms with E-state index >= 15 is 0 Å². The van der Waals surface area contributed by atoms with Crippen LogP contribution in [0, 0.1) is 5.92 Å². The van der Waals surface area contributed by atoms with Gasteiger partial charge in [-0.1, -0.05) is 17.7 Å². The maximum atomic E-state index is 6.20. The molecule has 1 saturated heterocycles. The van der Waals surface area contributed by atoms with Crippen LogP contribution in [-0.4, -0.2) is 26.3 Å². The molecule has 1 heterocycles. The van der Waals surface area contributed by atoms with E-state index in [0.717, 1.165) is 36.9 Å². The lowest BCUT2D eigenvalue weighted by Crippen LogP contribution is -2.26. The highest BCUT2D eigenvalue weighted by molar-refractivity contribution is 6.32. The third kappa shape index (κ3) is 3.04. The summed E-state index contributed by atoms with van der Waals surface area (Å²) in [4.78, 5) is 0. The fourth-order valence-electron chi connectivity index (χ4n) is 2.68. The van der Waals surface area contributed by atoms with E-state index in [0.29, 0.717) is 10.9 Å². The Labute approximate surface area is 119 Å². The van der Waals surface area contributed by atoms with Gasteiger partial charge in [0.1, 0.15) is 5.75 Å². The molecule has 1 aromatic rings. The highest BCUT2D eigenvalue weighted by Gasteiger charge is 2.31. The number of benzene rings is 1. The Kier molecular flexibility index (Phi) is 3.96. The van der Waals surface area contributed by atoms with Gasteiger partial charge in [0, 0.05) is 25.1 Å². The lowest BCUT2D eigenvalue weighted by Gasteiger charge is -2.20. The molecule has 0 bridgehead atoms. The molecule has 1 aliphatic heterocycles. The van der Waals surface area contributed by atoms with E-state index in [2.05, 4.69) is 11.4 Å². The van der Waals surface area contributed by atoms with Gasteiger partial charge in [-0.2, -0.15) is 0 Å². The van der Waals surface area contributed by atoms with Crippen LogP contribution in [0.3, 0.4) is 0 Å². The number of rotatable bonds is 5. The first-order chi connectivity index (χ1) is 9.28. The molecular formula is C15H20ClNO2. The molecule has 0 radical (unpaired) electrons. The monoisotopic (exact) mass is 281 g/mol. The van der Waals surface area contributed by atoms with E-state index in [1.165, 1.54) is 12.8 Å². The molecule has 0 spiro atoms. The van der Waals surface area contributed by atoms with Gasteiger partial charge in [0.25, 0.3) is 0 Å². The first-order valence-corrected chi connectivity index (χ1v) is 7.34. The molecule has 2 atom stereocenters. The molecule has 1 saturated carbocycles. The van der Waals surface area contributed by atoms with E-state index in [1.807, 2.05) is 12.1 Å². The summed E-state index contributed by atoms with van der Waals surface area (Å²) in [6.45, 7) is 1.88. The van der Waals surface area contributed by atoms with Gasteiger partial charge in [0.15, 0.2) is 0 Å². The van der Waals surface area contributed by atoms with Crippen molar-refractivity contribution in [1.82, 2.24) is 5.32 Å². The van der Waals surface area contributed by atoms with Gasteiger partial charge in [-0.25, -0.2) is 0 Å². The van der Waals surface area contributed by atoms with Gasteiger partial charge < -0.3 is 14.8 Å². The fraction of sp³-hybridized carbons (Fsp3) is 0.600.